The van der Waals surface area contributed by atoms with Crippen LogP contribution in [0.5, 0.6) is 0 Å². The van der Waals surface area contributed by atoms with Crippen molar-refractivity contribution < 1.29 is 13.2 Å². The second-order valence-corrected chi connectivity index (χ2v) is 7.54. The average molecular weight is 248 g/mol. The Labute approximate surface area is 97.0 Å². The molecular formula is C10H20N2O3S. The smallest absolute Gasteiger partial charge is 0.238 e. The summed E-state index contributed by atoms with van der Waals surface area (Å²) >= 11 is 0. The molecule has 0 aromatic carbocycles. The van der Waals surface area contributed by atoms with Crippen LogP contribution in [0.15, 0.2) is 0 Å². The molecule has 1 aliphatic heterocycles. The summed E-state index contributed by atoms with van der Waals surface area (Å²) in [5, 5.41) is 2.70. The number of rotatable bonds is 2. The summed E-state index contributed by atoms with van der Waals surface area (Å²) in [6, 6.07) is -0.619. The molecule has 1 saturated heterocycles. The number of amides is 1. The highest BCUT2D eigenvalue weighted by molar-refractivity contribution is 7.90. The van der Waals surface area contributed by atoms with Crippen LogP contribution in [-0.4, -0.2) is 31.7 Å². The summed E-state index contributed by atoms with van der Waals surface area (Å²) in [6.07, 6.45) is 2.33. The minimum atomic E-state index is -3.46. The maximum atomic E-state index is 11.9. The van der Waals surface area contributed by atoms with E-state index in [0.717, 1.165) is 12.8 Å². The van der Waals surface area contributed by atoms with Crippen molar-refractivity contribution in [3.63, 3.8) is 0 Å². The van der Waals surface area contributed by atoms with Gasteiger partial charge in [0, 0.05) is 6.54 Å². The van der Waals surface area contributed by atoms with E-state index in [1.165, 1.54) is 0 Å². The lowest BCUT2D eigenvalue weighted by Gasteiger charge is -2.23. The van der Waals surface area contributed by atoms with E-state index in [4.69, 9.17) is 0 Å². The molecule has 0 radical (unpaired) electrons. The topological polar surface area (TPSA) is 75.3 Å². The van der Waals surface area contributed by atoms with E-state index >= 15 is 0 Å². The predicted octanol–water partition coefficient (Wildman–Crippen LogP) is 0.373. The number of carbonyl (C=O) groups excluding carboxylic acids is 1. The Hall–Kier alpha value is -0.620. The molecule has 94 valence electrons. The minimum Gasteiger partial charge on any atom is -0.355 e. The number of hydrogen-bond acceptors (Lipinski definition) is 3. The van der Waals surface area contributed by atoms with Gasteiger partial charge in [-0.25, -0.2) is 13.1 Å². The van der Waals surface area contributed by atoms with Crippen molar-refractivity contribution in [1.29, 1.82) is 0 Å². The Morgan fingerprint density at radius 1 is 1.31 bits per heavy atom. The number of hydrogen-bond donors (Lipinski definition) is 2. The second-order valence-electron chi connectivity index (χ2n) is 5.07. The largest absolute Gasteiger partial charge is 0.355 e. The fourth-order valence-electron chi connectivity index (χ4n) is 1.42. The molecule has 0 aliphatic carbocycles. The van der Waals surface area contributed by atoms with Gasteiger partial charge in [0.1, 0.15) is 6.04 Å². The summed E-state index contributed by atoms with van der Waals surface area (Å²) in [4.78, 5) is 11.6. The molecule has 5 nitrogen and oxygen atoms in total. The monoisotopic (exact) mass is 248 g/mol. The molecule has 0 bridgehead atoms. The third kappa shape index (κ3) is 3.18. The van der Waals surface area contributed by atoms with Crippen molar-refractivity contribution in [2.75, 3.05) is 6.54 Å². The molecule has 1 amide bonds. The van der Waals surface area contributed by atoms with Gasteiger partial charge in [-0.15, -0.1) is 0 Å². The quantitative estimate of drug-likeness (QED) is 0.741. The third-order valence-electron chi connectivity index (χ3n) is 2.64. The van der Waals surface area contributed by atoms with Crippen LogP contribution in [0.1, 0.15) is 40.0 Å². The molecule has 1 rings (SSSR count). The SMILES string of the molecule is CC(C)(C)S(=O)(=O)N[C@H]1CCCCNC1=O. The first-order valence-electron chi connectivity index (χ1n) is 5.53. The lowest BCUT2D eigenvalue weighted by molar-refractivity contribution is -0.122. The van der Waals surface area contributed by atoms with Gasteiger partial charge in [0.15, 0.2) is 0 Å². The van der Waals surface area contributed by atoms with Crippen LogP contribution in [0.2, 0.25) is 0 Å². The molecular weight excluding hydrogens is 228 g/mol. The number of nitrogens with one attached hydrogen (secondary N) is 2. The van der Waals surface area contributed by atoms with E-state index in [0.29, 0.717) is 13.0 Å². The maximum absolute atomic E-state index is 11.9. The normalized spacial score (nSPS) is 23.7. The Morgan fingerprint density at radius 3 is 2.50 bits per heavy atom. The molecule has 0 unspecified atom stereocenters. The standard InChI is InChI=1S/C10H20N2O3S/c1-10(2,3)16(14,15)12-8-6-4-5-7-11-9(8)13/h8,12H,4-7H2,1-3H3,(H,11,13)/t8-/m0/s1. The van der Waals surface area contributed by atoms with Crippen molar-refractivity contribution in [3.8, 4) is 0 Å². The molecule has 16 heavy (non-hydrogen) atoms. The Kier molecular flexibility index (Phi) is 3.96. The van der Waals surface area contributed by atoms with Crippen LogP contribution < -0.4 is 10.0 Å². The summed E-state index contributed by atoms with van der Waals surface area (Å²) in [5.41, 5.74) is 0. The van der Waals surface area contributed by atoms with Crippen molar-refractivity contribution in [3.05, 3.63) is 0 Å². The van der Waals surface area contributed by atoms with Gasteiger partial charge in [-0.2, -0.15) is 0 Å². The average Bonchev–Trinajstić information content (AvgIpc) is 2.30. The van der Waals surface area contributed by atoms with E-state index in [1.807, 2.05) is 0 Å². The van der Waals surface area contributed by atoms with E-state index in [2.05, 4.69) is 10.0 Å². The Bertz CT molecular complexity index is 357. The van der Waals surface area contributed by atoms with Crippen LogP contribution in [0, 0.1) is 0 Å². The first-order valence-corrected chi connectivity index (χ1v) is 7.02. The van der Waals surface area contributed by atoms with E-state index in [9.17, 15) is 13.2 Å². The fourth-order valence-corrected chi connectivity index (χ4v) is 2.37. The van der Waals surface area contributed by atoms with Crippen molar-refractivity contribution in [2.45, 2.75) is 50.8 Å². The zero-order valence-electron chi connectivity index (χ0n) is 10.0. The van der Waals surface area contributed by atoms with Gasteiger partial charge in [0.2, 0.25) is 15.9 Å². The zero-order valence-corrected chi connectivity index (χ0v) is 10.9. The molecule has 2 N–H and O–H groups in total. The zero-order chi connectivity index (χ0) is 12.4. The van der Waals surface area contributed by atoms with Gasteiger partial charge in [0.25, 0.3) is 0 Å². The Morgan fingerprint density at radius 2 is 1.94 bits per heavy atom. The molecule has 6 heteroatoms. The molecule has 0 spiro atoms. The van der Waals surface area contributed by atoms with Crippen molar-refractivity contribution in [1.82, 2.24) is 10.0 Å². The van der Waals surface area contributed by atoms with Gasteiger partial charge < -0.3 is 5.32 Å². The molecule has 0 saturated carbocycles. The van der Waals surface area contributed by atoms with E-state index in [-0.39, 0.29) is 5.91 Å². The second kappa shape index (κ2) is 4.71. The fraction of sp³-hybridized carbons (Fsp3) is 0.900. The van der Waals surface area contributed by atoms with Crippen LogP contribution in [0.4, 0.5) is 0 Å². The van der Waals surface area contributed by atoms with Gasteiger partial charge in [-0.05, 0) is 40.0 Å². The highest BCUT2D eigenvalue weighted by Gasteiger charge is 2.33. The summed E-state index contributed by atoms with van der Waals surface area (Å²) in [6.45, 7) is 5.48. The van der Waals surface area contributed by atoms with Crippen LogP contribution in [0.3, 0.4) is 0 Å². The first kappa shape index (κ1) is 13.4. The van der Waals surface area contributed by atoms with Crippen molar-refractivity contribution >= 4 is 15.9 Å². The highest BCUT2D eigenvalue weighted by Crippen LogP contribution is 2.16. The lowest BCUT2D eigenvalue weighted by Crippen LogP contribution is -2.50. The number of carbonyl (C=O) groups is 1. The molecule has 1 atom stereocenters. The molecule has 1 aliphatic rings. The predicted molar refractivity (Wildman–Crippen MR) is 62.5 cm³/mol. The number of sulfonamides is 1. The van der Waals surface area contributed by atoms with Crippen LogP contribution in [0.25, 0.3) is 0 Å². The Balaban J connectivity index is 2.76. The first-order chi connectivity index (χ1) is 7.24. The minimum absolute atomic E-state index is 0.217. The summed E-state index contributed by atoms with van der Waals surface area (Å²) in [5.74, 6) is -0.217. The summed E-state index contributed by atoms with van der Waals surface area (Å²) < 4.78 is 25.4. The van der Waals surface area contributed by atoms with Gasteiger partial charge in [0.05, 0.1) is 4.75 Å². The van der Waals surface area contributed by atoms with Crippen LogP contribution in [-0.2, 0) is 14.8 Å². The van der Waals surface area contributed by atoms with E-state index in [1.54, 1.807) is 20.8 Å². The van der Waals surface area contributed by atoms with Crippen LogP contribution >= 0.6 is 0 Å². The molecule has 1 heterocycles. The summed E-state index contributed by atoms with van der Waals surface area (Å²) in [7, 11) is -3.46. The maximum Gasteiger partial charge on any atom is 0.238 e. The van der Waals surface area contributed by atoms with Crippen molar-refractivity contribution in [2.24, 2.45) is 0 Å². The lowest BCUT2D eigenvalue weighted by atomic mass is 10.1. The molecule has 0 aromatic rings. The van der Waals surface area contributed by atoms with E-state index < -0.39 is 20.8 Å². The van der Waals surface area contributed by atoms with Gasteiger partial charge in [-0.1, -0.05) is 0 Å². The van der Waals surface area contributed by atoms with Gasteiger partial charge >= 0.3 is 0 Å². The van der Waals surface area contributed by atoms with Gasteiger partial charge in [-0.3, -0.25) is 4.79 Å². The third-order valence-corrected chi connectivity index (χ3v) is 4.85. The molecule has 1 fully saturated rings. The highest BCUT2D eigenvalue weighted by atomic mass is 32.2. The molecule has 0 aromatic heterocycles.